The van der Waals surface area contributed by atoms with Gasteiger partial charge in [0.25, 0.3) is 11.5 Å². The van der Waals surface area contributed by atoms with E-state index in [1.807, 2.05) is 0 Å². The Kier molecular flexibility index (Phi) is 6.45. The lowest BCUT2D eigenvalue weighted by Crippen LogP contribution is -2.21. The van der Waals surface area contributed by atoms with Gasteiger partial charge in [-0.15, -0.1) is 8.78 Å². The molecule has 0 aliphatic rings. The van der Waals surface area contributed by atoms with Crippen LogP contribution in [0.25, 0.3) is 5.69 Å². The van der Waals surface area contributed by atoms with Gasteiger partial charge in [0.05, 0.1) is 25.5 Å². The minimum absolute atomic E-state index is 0.170. The number of hydrogen-bond donors (Lipinski definition) is 1. The fourth-order valence-electron chi connectivity index (χ4n) is 2.81. The number of benzene rings is 2. The lowest BCUT2D eigenvalue weighted by atomic mass is 10.2. The molecule has 10 heteroatoms. The molecule has 7 nitrogen and oxygen atoms in total. The lowest BCUT2D eigenvalue weighted by molar-refractivity contribution is -0.0964. The molecule has 162 valence electrons. The number of pyridine rings is 1. The van der Waals surface area contributed by atoms with Crippen LogP contribution in [0.15, 0.2) is 65.6 Å². The topological polar surface area (TPSA) is 78.8 Å². The number of carbonyl (C=O) groups excluding carboxylic acids is 1. The number of nitrogens with zero attached hydrogens (tertiary/aromatic N) is 1. The monoisotopic (exact) mass is 450 g/mol. The van der Waals surface area contributed by atoms with E-state index in [4.69, 9.17) is 21.1 Å². The SMILES string of the molecule is COc1cccc(-n2cc(C(=O)Nc3ccc(OC(F)(F)Cl)cc3)ccc2=O)c1OC. The molecule has 1 amide bonds. The Morgan fingerprint density at radius 2 is 1.74 bits per heavy atom. The van der Waals surface area contributed by atoms with Crippen LogP contribution in [0, 0.1) is 0 Å². The van der Waals surface area contributed by atoms with Crippen molar-refractivity contribution < 1.29 is 27.8 Å². The molecule has 2 aromatic carbocycles. The van der Waals surface area contributed by atoms with Crippen LogP contribution in [0.2, 0.25) is 0 Å². The van der Waals surface area contributed by atoms with Crippen LogP contribution >= 0.6 is 11.6 Å². The molecule has 0 spiro atoms. The number of methoxy groups -OCH3 is 2. The highest BCUT2D eigenvalue weighted by Crippen LogP contribution is 2.32. The molecule has 0 fully saturated rings. The third-order valence-electron chi connectivity index (χ3n) is 4.16. The van der Waals surface area contributed by atoms with E-state index in [1.165, 1.54) is 61.4 Å². The van der Waals surface area contributed by atoms with Gasteiger partial charge in [0, 0.05) is 29.6 Å². The van der Waals surface area contributed by atoms with Crippen LogP contribution in [0.5, 0.6) is 17.2 Å². The molecule has 0 atom stereocenters. The van der Waals surface area contributed by atoms with Crippen molar-refractivity contribution in [1.82, 2.24) is 4.57 Å². The Labute approximate surface area is 180 Å². The van der Waals surface area contributed by atoms with Crippen LogP contribution < -0.4 is 25.1 Å². The molecular formula is C21H17ClF2N2O5. The summed E-state index contributed by atoms with van der Waals surface area (Å²) in [5.41, 5.74) is -3.32. The summed E-state index contributed by atoms with van der Waals surface area (Å²) in [5, 5.41) is 2.61. The number of halogens is 3. The summed E-state index contributed by atoms with van der Waals surface area (Å²) in [4.78, 5) is 25.1. The molecule has 0 unspecified atom stereocenters. The molecule has 31 heavy (non-hydrogen) atoms. The number of alkyl halides is 3. The van der Waals surface area contributed by atoms with Crippen molar-refractivity contribution in [1.29, 1.82) is 0 Å². The zero-order chi connectivity index (χ0) is 22.6. The number of carbonyl (C=O) groups is 1. The second-order valence-corrected chi connectivity index (χ2v) is 6.60. The Morgan fingerprint density at radius 3 is 2.35 bits per heavy atom. The summed E-state index contributed by atoms with van der Waals surface area (Å²) in [5.74, 6) is 0.0616. The lowest BCUT2D eigenvalue weighted by Gasteiger charge is -2.15. The quantitative estimate of drug-likeness (QED) is 0.544. The van der Waals surface area contributed by atoms with Crippen LogP contribution in [0.3, 0.4) is 0 Å². The first kappa shape index (κ1) is 22.1. The highest BCUT2D eigenvalue weighted by atomic mass is 35.5. The molecule has 0 saturated heterocycles. The molecule has 1 N–H and O–H groups in total. The van der Waals surface area contributed by atoms with Crippen LogP contribution in [-0.2, 0) is 0 Å². The standard InChI is InChI=1S/C21H17ClF2N2O5/c1-29-17-5-3-4-16(19(17)30-2)26-12-13(6-11-18(26)27)20(28)25-14-7-9-15(10-8-14)31-21(22,23)24/h3-12H,1-2H3,(H,25,28). The Bertz CT molecular complexity index is 1140. The van der Waals surface area contributed by atoms with Crippen LogP contribution in [0.4, 0.5) is 14.5 Å². The van der Waals surface area contributed by atoms with Gasteiger partial charge in [-0.25, -0.2) is 0 Å². The van der Waals surface area contributed by atoms with Gasteiger partial charge in [0.1, 0.15) is 5.75 Å². The van der Waals surface area contributed by atoms with Gasteiger partial charge in [-0.3, -0.25) is 14.2 Å². The van der Waals surface area contributed by atoms with E-state index in [9.17, 15) is 18.4 Å². The van der Waals surface area contributed by atoms with Crippen molar-refractivity contribution in [2.45, 2.75) is 5.57 Å². The van der Waals surface area contributed by atoms with E-state index in [0.29, 0.717) is 22.9 Å². The summed E-state index contributed by atoms with van der Waals surface area (Å²) in [6, 6.07) is 12.8. The predicted octanol–water partition coefficient (Wildman–Crippen LogP) is 4.27. The van der Waals surface area contributed by atoms with Crippen molar-refractivity contribution in [3.8, 4) is 22.9 Å². The molecule has 1 aromatic heterocycles. The highest BCUT2D eigenvalue weighted by molar-refractivity contribution is 6.20. The molecule has 0 radical (unpaired) electrons. The minimum atomic E-state index is -3.83. The van der Waals surface area contributed by atoms with Gasteiger partial charge < -0.3 is 19.5 Å². The van der Waals surface area contributed by atoms with E-state index < -0.39 is 11.5 Å². The minimum Gasteiger partial charge on any atom is -0.493 e. The van der Waals surface area contributed by atoms with Crippen molar-refractivity contribution >= 4 is 23.2 Å². The maximum atomic E-state index is 12.7. The zero-order valence-corrected chi connectivity index (χ0v) is 17.2. The summed E-state index contributed by atoms with van der Waals surface area (Å²) >= 11 is 4.72. The molecule has 0 bridgehead atoms. The predicted molar refractivity (Wildman–Crippen MR) is 111 cm³/mol. The van der Waals surface area contributed by atoms with Crippen molar-refractivity contribution in [2.24, 2.45) is 0 Å². The molecule has 1 heterocycles. The zero-order valence-electron chi connectivity index (χ0n) is 16.4. The van der Waals surface area contributed by atoms with E-state index >= 15 is 0 Å². The number of aromatic nitrogens is 1. The number of hydrogen-bond acceptors (Lipinski definition) is 5. The third kappa shape index (κ3) is 5.32. The number of nitrogens with one attached hydrogen (secondary N) is 1. The van der Waals surface area contributed by atoms with Crippen molar-refractivity contribution in [2.75, 3.05) is 19.5 Å². The fraction of sp³-hybridized carbons (Fsp3) is 0.143. The average molecular weight is 451 g/mol. The van der Waals surface area contributed by atoms with Gasteiger partial charge in [-0.2, -0.15) is 0 Å². The number of ether oxygens (including phenoxy) is 3. The largest absolute Gasteiger partial charge is 0.493 e. The first-order valence-corrected chi connectivity index (χ1v) is 9.21. The smallest absolute Gasteiger partial charge is 0.487 e. The second-order valence-electron chi connectivity index (χ2n) is 6.16. The fourth-order valence-corrected chi connectivity index (χ4v) is 2.90. The number of rotatable bonds is 7. The Balaban J connectivity index is 1.87. The molecule has 3 aromatic rings. The van der Waals surface area contributed by atoms with Gasteiger partial charge in [0.15, 0.2) is 11.5 Å². The number of amides is 1. The molecular weight excluding hydrogens is 434 g/mol. The van der Waals surface area contributed by atoms with Crippen LogP contribution in [-0.4, -0.2) is 30.3 Å². The van der Waals surface area contributed by atoms with Gasteiger partial charge in [0.2, 0.25) is 0 Å². The van der Waals surface area contributed by atoms with Gasteiger partial charge >= 0.3 is 5.57 Å². The maximum Gasteiger partial charge on any atom is 0.487 e. The first-order chi connectivity index (χ1) is 14.7. The summed E-state index contributed by atoms with van der Waals surface area (Å²) in [6.07, 6.45) is 1.36. The van der Waals surface area contributed by atoms with Crippen molar-refractivity contribution in [3.63, 3.8) is 0 Å². The molecule has 0 saturated carbocycles. The number of anilines is 1. The first-order valence-electron chi connectivity index (χ1n) is 8.83. The van der Waals surface area contributed by atoms with E-state index in [2.05, 4.69) is 10.1 Å². The highest BCUT2D eigenvalue weighted by Gasteiger charge is 2.27. The van der Waals surface area contributed by atoms with Crippen LogP contribution in [0.1, 0.15) is 10.4 Å². The number of para-hydroxylation sites is 1. The summed E-state index contributed by atoms with van der Waals surface area (Å²) < 4.78 is 41.5. The molecule has 3 rings (SSSR count). The van der Waals surface area contributed by atoms with E-state index in [1.54, 1.807) is 18.2 Å². The molecule has 0 aliphatic carbocycles. The Morgan fingerprint density at radius 1 is 1.03 bits per heavy atom. The van der Waals surface area contributed by atoms with Gasteiger partial charge in [-0.1, -0.05) is 6.07 Å². The maximum absolute atomic E-state index is 12.7. The molecule has 0 aliphatic heterocycles. The normalized spacial score (nSPS) is 11.0. The van der Waals surface area contributed by atoms with Gasteiger partial charge in [-0.05, 0) is 42.5 Å². The van der Waals surface area contributed by atoms with E-state index in [0.717, 1.165) is 0 Å². The average Bonchev–Trinajstić information content (AvgIpc) is 2.73. The van der Waals surface area contributed by atoms with E-state index in [-0.39, 0.29) is 16.9 Å². The summed E-state index contributed by atoms with van der Waals surface area (Å²) in [7, 11) is 2.91. The third-order valence-corrected chi connectivity index (χ3v) is 4.24. The van der Waals surface area contributed by atoms with Crippen molar-refractivity contribution in [3.05, 3.63) is 76.7 Å². The summed E-state index contributed by atoms with van der Waals surface area (Å²) in [6.45, 7) is 0. The Hall–Kier alpha value is -3.59. The second kappa shape index (κ2) is 9.05.